The second-order valence-corrected chi connectivity index (χ2v) is 9.93. The Labute approximate surface area is 178 Å². The van der Waals surface area contributed by atoms with Gasteiger partial charge in [0.25, 0.3) is 0 Å². The topological polar surface area (TPSA) is 44.8 Å². The quantitative estimate of drug-likeness (QED) is 0.444. The molecule has 1 aliphatic heterocycles. The summed E-state index contributed by atoms with van der Waals surface area (Å²) in [7, 11) is 0. The van der Waals surface area contributed by atoms with Crippen molar-refractivity contribution < 1.29 is 19.0 Å². The maximum absolute atomic E-state index is 12.7. The summed E-state index contributed by atoms with van der Waals surface area (Å²) in [5, 5.41) is 0. The highest BCUT2D eigenvalue weighted by molar-refractivity contribution is 5.72. The monoisotopic (exact) mass is 408 g/mol. The zero-order valence-corrected chi connectivity index (χ0v) is 19.1. The highest BCUT2D eigenvalue weighted by Gasteiger charge is 2.37. The van der Waals surface area contributed by atoms with Crippen LogP contribution in [0.1, 0.15) is 104 Å². The number of carbonyl (C=O) groups is 1. The fourth-order valence-corrected chi connectivity index (χ4v) is 5.58. The molecule has 2 aliphatic carbocycles. The number of hydrogen-bond donors (Lipinski definition) is 0. The van der Waals surface area contributed by atoms with Gasteiger partial charge < -0.3 is 14.2 Å². The average molecular weight is 409 g/mol. The molecule has 3 aliphatic rings. The number of ether oxygens (including phenoxy) is 3. The number of carbonyl (C=O) groups excluding carboxylic acids is 1. The molecule has 0 amide bonds. The maximum atomic E-state index is 12.7. The van der Waals surface area contributed by atoms with Crippen molar-refractivity contribution in [3.05, 3.63) is 0 Å². The summed E-state index contributed by atoms with van der Waals surface area (Å²) in [6.45, 7) is 7.53. The van der Waals surface area contributed by atoms with Crippen LogP contribution >= 0.6 is 0 Å². The maximum Gasteiger partial charge on any atom is 0.309 e. The van der Waals surface area contributed by atoms with Crippen molar-refractivity contribution in [2.45, 2.75) is 123 Å². The van der Waals surface area contributed by atoms with Gasteiger partial charge in [-0.2, -0.15) is 0 Å². The average Bonchev–Trinajstić information content (AvgIpc) is 2.74. The normalized spacial score (nSPS) is 38.5. The van der Waals surface area contributed by atoms with Crippen LogP contribution < -0.4 is 0 Å². The van der Waals surface area contributed by atoms with Crippen molar-refractivity contribution in [1.82, 2.24) is 0 Å². The zero-order chi connectivity index (χ0) is 20.6. The Morgan fingerprint density at radius 3 is 2.28 bits per heavy atom. The van der Waals surface area contributed by atoms with E-state index in [-0.39, 0.29) is 30.4 Å². The van der Waals surface area contributed by atoms with E-state index in [1.165, 1.54) is 44.9 Å². The van der Waals surface area contributed by atoms with E-state index in [0.717, 1.165) is 51.0 Å². The van der Waals surface area contributed by atoms with Crippen LogP contribution in [0.5, 0.6) is 0 Å². The molecule has 0 aromatic rings. The lowest BCUT2D eigenvalue weighted by atomic mass is 9.81. The summed E-state index contributed by atoms with van der Waals surface area (Å²) in [4.78, 5) is 12.7. The lowest BCUT2D eigenvalue weighted by Crippen LogP contribution is -2.43. The third-order valence-electron chi connectivity index (χ3n) is 7.68. The summed E-state index contributed by atoms with van der Waals surface area (Å²) in [6.07, 6.45) is 15.1. The van der Waals surface area contributed by atoms with E-state index >= 15 is 0 Å². The Bertz CT molecular complexity index is 477. The Hall–Kier alpha value is -0.610. The molecule has 4 heteroatoms. The molecule has 1 unspecified atom stereocenters. The second-order valence-electron chi connectivity index (χ2n) is 9.93. The zero-order valence-electron chi connectivity index (χ0n) is 19.1. The molecule has 3 fully saturated rings. The molecule has 0 spiro atoms. The van der Waals surface area contributed by atoms with Crippen molar-refractivity contribution in [2.24, 2.45) is 23.7 Å². The van der Waals surface area contributed by atoms with Crippen LogP contribution in [-0.2, 0) is 19.0 Å². The summed E-state index contributed by atoms with van der Waals surface area (Å²) < 4.78 is 18.3. The van der Waals surface area contributed by atoms with Crippen molar-refractivity contribution in [3.8, 4) is 0 Å². The van der Waals surface area contributed by atoms with Gasteiger partial charge in [-0.25, -0.2) is 0 Å². The first-order valence-corrected chi connectivity index (χ1v) is 12.6. The molecule has 1 heterocycles. The van der Waals surface area contributed by atoms with Gasteiger partial charge in [-0.15, -0.1) is 0 Å². The first-order valence-electron chi connectivity index (χ1n) is 12.6. The van der Waals surface area contributed by atoms with Crippen LogP contribution in [0.25, 0.3) is 0 Å². The van der Waals surface area contributed by atoms with Crippen LogP contribution in [0, 0.1) is 23.7 Å². The van der Waals surface area contributed by atoms with E-state index in [4.69, 9.17) is 14.2 Å². The van der Waals surface area contributed by atoms with Gasteiger partial charge in [-0.3, -0.25) is 4.79 Å². The lowest BCUT2D eigenvalue weighted by Gasteiger charge is -2.40. The second kappa shape index (κ2) is 11.7. The molecular formula is C25H44O4. The largest absolute Gasteiger partial charge is 0.462 e. The lowest BCUT2D eigenvalue weighted by molar-refractivity contribution is -0.257. The number of unbranched alkanes of at least 4 members (excludes halogenated alkanes) is 1. The van der Waals surface area contributed by atoms with Crippen molar-refractivity contribution in [2.75, 3.05) is 6.61 Å². The molecule has 0 aromatic heterocycles. The Kier molecular flexibility index (Phi) is 9.30. The fourth-order valence-electron chi connectivity index (χ4n) is 5.58. The van der Waals surface area contributed by atoms with Gasteiger partial charge in [0.05, 0.1) is 18.6 Å². The third-order valence-corrected chi connectivity index (χ3v) is 7.68. The molecule has 3 atom stereocenters. The smallest absolute Gasteiger partial charge is 0.309 e. The van der Waals surface area contributed by atoms with Crippen LogP contribution in [0.4, 0.5) is 0 Å². The van der Waals surface area contributed by atoms with Gasteiger partial charge in [0.15, 0.2) is 6.29 Å². The molecule has 0 bridgehead atoms. The van der Waals surface area contributed by atoms with Gasteiger partial charge in [0.2, 0.25) is 0 Å². The van der Waals surface area contributed by atoms with Crippen LogP contribution in [0.3, 0.4) is 0 Å². The van der Waals surface area contributed by atoms with Crippen molar-refractivity contribution in [1.29, 1.82) is 0 Å². The van der Waals surface area contributed by atoms with E-state index in [9.17, 15) is 4.79 Å². The summed E-state index contributed by atoms with van der Waals surface area (Å²) in [5.74, 6) is 1.95. The standard InChI is InChI=1S/C25H44O4/c1-4-6-8-22-17-27-25(28-18(22)3)21-13-11-20(12-14-21)24(26)29-23-15-9-19(7-5-2)10-16-23/h18-23,25H,4-17H2,1-3H3/t18-,19?,20?,21?,22?,23?,25-/m0/s1. The Morgan fingerprint density at radius 1 is 0.931 bits per heavy atom. The van der Waals surface area contributed by atoms with E-state index < -0.39 is 0 Å². The predicted octanol–water partition coefficient (Wildman–Crippen LogP) is 6.26. The summed E-state index contributed by atoms with van der Waals surface area (Å²) in [6, 6.07) is 0. The molecule has 2 saturated carbocycles. The van der Waals surface area contributed by atoms with Crippen LogP contribution in [0.15, 0.2) is 0 Å². The SMILES string of the molecule is CCCCC1CO[C@H](C2CCC(C(=O)OC3CCC(CCC)CC3)CC2)O[C@H]1C. The highest BCUT2D eigenvalue weighted by atomic mass is 16.7. The van der Waals surface area contributed by atoms with Gasteiger partial charge >= 0.3 is 5.97 Å². The first kappa shape index (κ1) is 23.1. The Balaban J connectivity index is 1.35. The first-order chi connectivity index (χ1) is 14.1. The van der Waals surface area contributed by atoms with E-state index in [0.29, 0.717) is 11.8 Å². The molecule has 1 saturated heterocycles. The van der Waals surface area contributed by atoms with E-state index in [1.54, 1.807) is 0 Å². The molecule has 168 valence electrons. The third kappa shape index (κ3) is 6.69. The highest BCUT2D eigenvalue weighted by Crippen LogP contribution is 2.37. The van der Waals surface area contributed by atoms with Crippen molar-refractivity contribution in [3.63, 3.8) is 0 Å². The molecular weight excluding hydrogens is 364 g/mol. The van der Waals surface area contributed by atoms with Gasteiger partial charge in [0.1, 0.15) is 6.10 Å². The van der Waals surface area contributed by atoms with Crippen LogP contribution in [0.2, 0.25) is 0 Å². The summed E-state index contributed by atoms with van der Waals surface area (Å²) >= 11 is 0. The minimum atomic E-state index is -0.0753. The molecule has 4 nitrogen and oxygen atoms in total. The van der Waals surface area contributed by atoms with Gasteiger partial charge in [0, 0.05) is 11.8 Å². The fraction of sp³-hybridized carbons (Fsp3) is 0.960. The van der Waals surface area contributed by atoms with Crippen molar-refractivity contribution >= 4 is 5.97 Å². The van der Waals surface area contributed by atoms with E-state index in [2.05, 4.69) is 20.8 Å². The summed E-state index contributed by atoms with van der Waals surface area (Å²) in [5.41, 5.74) is 0. The molecule has 0 radical (unpaired) electrons. The van der Waals surface area contributed by atoms with Gasteiger partial charge in [-0.1, -0.05) is 39.5 Å². The molecule has 29 heavy (non-hydrogen) atoms. The number of rotatable bonds is 8. The molecule has 0 N–H and O–H groups in total. The van der Waals surface area contributed by atoms with E-state index in [1.807, 2.05) is 0 Å². The molecule has 3 rings (SSSR count). The number of esters is 1. The van der Waals surface area contributed by atoms with Gasteiger partial charge in [-0.05, 0) is 70.6 Å². The Morgan fingerprint density at radius 2 is 1.66 bits per heavy atom. The van der Waals surface area contributed by atoms with Crippen LogP contribution in [-0.4, -0.2) is 31.1 Å². The molecule has 0 aromatic carbocycles. The predicted molar refractivity (Wildman–Crippen MR) is 115 cm³/mol. The number of hydrogen-bond acceptors (Lipinski definition) is 4. The minimum Gasteiger partial charge on any atom is -0.462 e. The minimum absolute atomic E-state index is 0.0564.